The number of nitrogens with zero attached hydrogens (tertiary/aromatic N) is 4. The average molecular weight is 530 g/mol. The molecule has 1 saturated heterocycles. The van der Waals surface area contributed by atoms with Gasteiger partial charge in [0.2, 0.25) is 0 Å². The molecule has 0 saturated carbocycles. The van der Waals surface area contributed by atoms with Crippen LogP contribution in [0.15, 0.2) is 34.8 Å². The van der Waals surface area contributed by atoms with Gasteiger partial charge >= 0.3 is 0 Å². The molecule has 11 heteroatoms. The van der Waals surface area contributed by atoms with Crippen molar-refractivity contribution < 1.29 is 23.9 Å². The molecule has 1 N–H and O–H groups in total. The first-order valence-corrected chi connectivity index (χ1v) is 13.2. The number of hydrogen-bond acceptors (Lipinski definition) is 7. The van der Waals surface area contributed by atoms with Crippen LogP contribution in [0.3, 0.4) is 0 Å². The molecule has 10 nitrogen and oxygen atoms in total. The number of rotatable bonds is 2. The monoisotopic (exact) mass is 529 g/mol. The van der Waals surface area contributed by atoms with Crippen LogP contribution >= 0.6 is 11.6 Å². The highest BCUT2D eigenvalue weighted by molar-refractivity contribution is 6.42. The van der Waals surface area contributed by atoms with Crippen molar-refractivity contribution in [3.05, 3.63) is 40.2 Å². The van der Waals surface area contributed by atoms with Crippen LogP contribution < -0.4 is 10.1 Å². The van der Waals surface area contributed by atoms with E-state index in [-0.39, 0.29) is 41.8 Å². The standard InChI is InChI=1S/C26H32ClN5O5/c1-4-30-13-15(2)32-21-19(23(36-3)22(32)26(30)35)25(34)31-14-16-8-9-17(27)12-18(16)37-11-7-5-6-10-28-24(33)20(21)29-31/h8-9,12,15,19,21H,4-7,10-11,13-14H2,1-3H3,(H,28,33)/t15-,19?,21?/m0/s1. The van der Waals surface area contributed by atoms with Crippen LogP contribution in [0.1, 0.15) is 38.7 Å². The Labute approximate surface area is 221 Å². The summed E-state index contributed by atoms with van der Waals surface area (Å²) in [4.78, 5) is 44.5. The summed E-state index contributed by atoms with van der Waals surface area (Å²) in [6, 6.07) is 4.42. The molecule has 1 fully saturated rings. The van der Waals surface area contributed by atoms with Crippen molar-refractivity contribution in [1.82, 2.24) is 20.1 Å². The van der Waals surface area contributed by atoms with E-state index >= 15 is 0 Å². The first-order valence-electron chi connectivity index (χ1n) is 12.8. The lowest BCUT2D eigenvalue weighted by Crippen LogP contribution is -2.61. The van der Waals surface area contributed by atoms with Gasteiger partial charge in [0.25, 0.3) is 17.7 Å². The zero-order chi connectivity index (χ0) is 26.3. The maximum atomic E-state index is 14.0. The SMILES string of the molecule is CCN1C[C@H](C)N2C(=C(OC)C3C(=O)N4Cc5ccc(Cl)cc5OCCCCCNC(=O)C(=N4)C32)C1=O. The summed E-state index contributed by atoms with van der Waals surface area (Å²) >= 11 is 6.23. The van der Waals surface area contributed by atoms with Gasteiger partial charge in [-0.25, -0.2) is 5.01 Å². The summed E-state index contributed by atoms with van der Waals surface area (Å²) < 4.78 is 11.8. The Balaban J connectivity index is 1.62. The molecule has 4 aliphatic heterocycles. The summed E-state index contributed by atoms with van der Waals surface area (Å²) in [5, 5.41) is 9.40. The Bertz CT molecular complexity index is 1180. The minimum absolute atomic E-state index is 0.0856. The van der Waals surface area contributed by atoms with Gasteiger partial charge in [0.15, 0.2) is 0 Å². The number of halogens is 1. The van der Waals surface area contributed by atoms with Gasteiger partial charge in [-0.05, 0) is 45.2 Å². The summed E-state index contributed by atoms with van der Waals surface area (Å²) in [5.74, 6) is -0.889. The van der Waals surface area contributed by atoms with Crippen LogP contribution in [-0.2, 0) is 25.7 Å². The number of piperazine rings is 1. The first-order chi connectivity index (χ1) is 17.8. The number of hydrogen-bond donors (Lipinski definition) is 1. The van der Waals surface area contributed by atoms with E-state index in [0.717, 1.165) is 24.8 Å². The minimum Gasteiger partial charge on any atom is -0.498 e. The molecule has 5 rings (SSSR count). The van der Waals surface area contributed by atoms with Crippen LogP contribution in [0.25, 0.3) is 0 Å². The van der Waals surface area contributed by atoms with Gasteiger partial charge in [0.05, 0.1) is 26.3 Å². The molecule has 3 amide bonds. The maximum absolute atomic E-state index is 14.0. The molecule has 1 aromatic carbocycles. The first kappa shape index (κ1) is 25.4. The van der Waals surface area contributed by atoms with Gasteiger partial charge in [0.1, 0.15) is 28.8 Å². The van der Waals surface area contributed by atoms with E-state index in [1.165, 1.54) is 12.1 Å². The van der Waals surface area contributed by atoms with Gasteiger partial charge < -0.3 is 24.6 Å². The van der Waals surface area contributed by atoms with Gasteiger partial charge in [-0.3, -0.25) is 14.4 Å². The van der Waals surface area contributed by atoms with E-state index in [0.29, 0.717) is 42.7 Å². The van der Waals surface area contributed by atoms with E-state index < -0.39 is 12.0 Å². The molecule has 0 spiro atoms. The number of benzene rings is 1. The van der Waals surface area contributed by atoms with Crippen LogP contribution in [0.4, 0.5) is 0 Å². The highest BCUT2D eigenvalue weighted by atomic mass is 35.5. The fourth-order valence-corrected chi connectivity index (χ4v) is 5.79. The Morgan fingerprint density at radius 2 is 2.03 bits per heavy atom. The Hall–Kier alpha value is -3.27. The molecule has 2 bridgehead atoms. The number of fused-ring (bicyclic) bond motifs is 6. The second-order valence-corrected chi connectivity index (χ2v) is 10.2. The van der Waals surface area contributed by atoms with E-state index in [1.807, 2.05) is 18.7 Å². The third-order valence-electron chi connectivity index (χ3n) is 7.42. The van der Waals surface area contributed by atoms with Crippen molar-refractivity contribution in [3.63, 3.8) is 0 Å². The highest BCUT2D eigenvalue weighted by Crippen LogP contribution is 2.43. The molecule has 198 valence electrons. The molecule has 3 atom stereocenters. The lowest BCUT2D eigenvalue weighted by Gasteiger charge is -2.44. The number of methoxy groups -OCH3 is 1. The predicted molar refractivity (Wildman–Crippen MR) is 137 cm³/mol. The fourth-order valence-electron chi connectivity index (χ4n) is 5.63. The topological polar surface area (TPSA) is 104 Å². The molecular formula is C26H32ClN5O5. The van der Waals surface area contributed by atoms with Crippen molar-refractivity contribution in [2.45, 2.75) is 51.7 Å². The van der Waals surface area contributed by atoms with Crippen molar-refractivity contribution in [2.75, 3.05) is 33.4 Å². The summed E-state index contributed by atoms with van der Waals surface area (Å²) in [6.45, 7) is 5.98. The van der Waals surface area contributed by atoms with Crippen molar-refractivity contribution in [3.8, 4) is 5.75 Å². The number of carbonyl (C=O) groups is 3. The number of hydrazone groups is 1. The smallest absolute Gasteiger partial charge is 0.273 e. The lowest BCUT2D eigenvalue weighted by molar-refractivity contribution is -0.139. The van der Waals surface area contributed by atoms with Crippen molar-refractivity contribution in [1.29, 1.82) is 0 Å². The quantitative estimate of drug-likeness (QED) is 0.629. The zero-order valence-corrected chi connectivity index (χ0v) is 22.1. The van der Waals surface area contributed by atoms with Gasteiger partial charge in [-0.2, -0.15) is 5.10 Å². The van der Waals surface area contributed by atoms with Gasteiger partial charge in [0, 0.05) is 36.3 Å². The lowest BCUT2D eigenvalue weighted by atomic mass is 9.91. The third-order valence-corrected chi connectivity index (χ3v) is 7.65. The average Bonchev–Trinajstić information content (AvgIpc) is 3.24. The number of likely N-dealkylation sites (N-methyl/N-ethyl adjacent to an activating group) is 1. The number of amides is 3. The Morgan fingerprint density at radius 3 is 2.78 bits per heavy atom. The molecule has 1 aromatic rings. The Kier molecular flexibility index (Phi) is 7.02. The third kappa shape index (κ3) is 4.41. The van der Waals surface area contributed by atoms with Crippen LogP contribution in [0, 0.1) is 5.92 Å². The van der Waals surface area contributed by atoms with E-state index in [9.17, 15) is 14.4 Å². The largest absolute Gasteiger partial charge is 0.498 e. The van der Waals surface area contributed by atoms with Crippen LogP contribution in [0.5, 0.6) is 5.75 Å². The highest BCUT2D eigenvalue weighted by Gasteiger charge is 2.58. The predicted octanol–water partition coefficient (Wildman–Crippen LogP) is 2.13. The second-order valence-electron chi connectivity index (χ2n) is 9.74. The zero-order valence-electron chi connectivity index (χ0n) is 21.3. The fraction of sp³-hybridized carbons (Fsp3) is 0.538. The van der Waals surface area contributed by atoms with Crippen LogP contribution in [0.2, 0.25) is 5.02 Å². The molecule has 0 radical (unpaired) electrons. The van der Waals surface area contributed by atoms with Crippen molar-refractivity contribution in [2.24, 2.45) is 11.0 Å². The molecule has 4 aliphatic rings. The number of carbonyl (C=O) groups excluding carboxylic acids is 3. The van der Waals surface area contributed by atoms with E-state index in [4.69, 9.17) is 21.1 Å². The molecule has 37 heavy (non-hydrogen) atoms. The summed E-state index contributed by atoms with van der Waals surface area (Å²) in [5.41, 5.74) is 1.26. The minimum atomic E-state index is -0.869. The maximum Gasteiger partial charge on any atom is 0.273 e. The van der Waals surface area contributed by atoms with Crippen molar-refractivity contribution >= 4 is 35.0 Å². The van der Waals surface area contributed by atoms with E-state index in [1.54, 1.807) is 23.1 Å². The molecule has 0 aromatic heterocycles. The summed E-state index contributed by atoms with van der Waals surface area (Å²) in [6.07, 6.45) is 2.48. The normalized spacial score (nSPS) is 26.5. The van der Waals surface area contributed by atoms with Gasteiger partial charge in [-0.1, -0.05) is 17.7 Å². The molecule has 0 aliphatic carbocycles. The number of nitrogens with one attached hydrogen (secondary N) is 1. The van der Waals surface area contributed by atoms with Crippen LogP contribution in [-0.4, -0.2) is 83.7 Å². The molecular weight excluding hydrogens is 498 g/mol. The molecule has 2 unspecified atom stereocenters. The second kappa shape index (κ2) is 10.2. The molecule has 4 heterocycles. The summed E-state index contributed by atoms with van der Waals surface area (Å²) in [7, 11) is 1.46. The number of ether oxygens (including phenoxy) is 2. The van der Waals surface area contributed by atoms with Gasteiger partial charge in [-0.15, -0.1) is 0 Å². The Morgan fingerprint density at radius 1 is 1.22 bits per heavy atom. The van der Waals surface area contributed by atoms with E-state index in [2.05, 4.69) is 10.4 Å².